The van der Waals surface area contributed by atoms with Gasteiger partial charge in [0.2, 0.25) is 0 Å². The summed E-state index contributed by atoms with van der Waals surface area (Å²) < 4.78 is 5.96. The lowest BCUT2D eigenvalue weighted by molar-refractivity contribution is 0.0278. The third-order valence-electron chi connectivity index (χ3n) is 4.19. The summed E-state index contributed by atoms with van der Waals surface area (Å²) in [5.41, 5.74) is 7.94. The van der Waals surface area contributed by atoms with Crippen LogP contribution in [0.4, 0.5) is 5.69 Å². The lowest BCUT2D eigenvalue weighted by Crippen LogP contribution is -2.33. The minimum absolute atomic E-state index is 0.435. The Hall–Kier alpha value is -1.06. The van der Waals surface area contributed by atoms with E-state index >= 15 is 0 Å². The van der Waals surface area contributed by atoms with Crippen LogP contribution in [0, 0.1) is 0 Å². The Kier molecular flexibility index (Phi) is 3.76. The van der Waals surface area contributed by atoms with Crippen molar-refractivity contribution in [2.75, 3.05) is 12.3 Å². The van der Waals surface area contributed by atoms with Gasteiger partial charge in [-0.1, -0.05) is 12.1 Å². The molecule has 0 amide bonds. The number of benzene rings is 1. The van der Waals surface area contributed by atoms with Crippen molar-refractivity contribution in [1.82, 2.24) is 4.90 Å². The second-order valence-electron chi connectivity index (χ2n) is 6.05. The lowest BCUT2D eigenvalue weighted by atomic mass is 10.1. The first kappa shape index (κ1) is 12.9. The van der Waals surface area contributed by atoms with Gasteiger partial charge in [-0.2, -0.15) is 0 Å². The summed E-state index contributed by atoms with van der Waals surface area (Å²) in [6.45, 7) is 4.29. The quantitative estimate of drug-likeness (QED) is 0.827. The molecular formula is C16H24N2O. The van der Waals surface area contributed by atoms with Gasteiger partial charge in [0.1, 0.15) is 0 Å². The first-order valence-electron chi connectivity index (χ1n) is 7.44. The van der Waals surface area contributed by atoms with Gasteiger partial charge in [-0.3, -0.25) is 4.90 Å². The largest absolute Gasteiger partial charge is 0.399 e. The van der Waals surface area contributed by atoms with Crippen molar-refractivity contribution in [2.45, 2.75) is 57.4 Å². The maximum atomic E-state index is 5.96. The zero-order valence-corrected chi connectivity index (χ0v) is 11.7. The van der Waals surface area contributed by atoms with Gasteiger partial charge in [0.25, 0.3) is 0 Å². The van der Waals surface area contributed by atoms with Gasteiger partial charge in [0.05, 0.1) is 12.2 Å². The monoisotopic (exact) mass is 260 g/mol. The minimum atomic E-state index is 0.435. The van der Waals surface area contributed by atoms with Crippen molar-refractivity contribution in [3.63, 3.8) is 0 Å². The Bertz CT molecular complexity index is 413. The van der Waals surface area contributed by atoms with Crippen LogP contribution in [0.25, 0.3) is 0 Å². The molecule has 0 radical (unpaired) electrons. The molecule has 3 nitrogen and oxygen atoms in total. The highest BCUT2D eigenvalue weighted by molar-refractivity contribution is 5.39. The van der Waals surface area contributed by atoms with E-state index in [4.69, 9.17) is 10.5 Å². The molecule has 3 rings (SSSR count). The number of hydrogen-bond acceptors (Lipinski definition) is 3. The van der Waals surface area contributed by atoms with E-state index in [-0.39, 0.29) is 0 Å². The molecule has 0 spiro atoms. The van der Waals surface area contributed by atoms with Gasteiger partial charge in [-0.25, -0.2) is 0 Å². The summed E-state index contributed by atoms with van der Waals surface area (Å²) in [5.74, 6) is 0. The van der Waals surface area contributed by atoms with Gasteiger partial charge in [0.15, 0.2) is 0 Å². The molecule has 2 atom stereocenters. The summed E-state index contributed by atoms with van der Waals surface area (Å²) >= 11 is 0. The molecule has 3 heteroatoms. The third-order valence-corrected chi connectivity index (χ3v) is 4.19. The summed E-state index contributed by atoms with van der Waals surface area (Å²) in [4.78, 5) is 2.59. The third kappa shape index (κ3) is 3.48. The normalized spacial score (nSPS) is 27.1. The Morgan fingerprint density at radius 3 is 2.47 bits per heavy atom. The van der Waals surface area contributed by atoms with Gasteiger partial charge >= 0.3 is 0 Å². The van der Waals surface area contributed by atoms with Crippen LogP contribution < -0.4 is 5.73 Å². The summed E-state index contributed by atoms with van der Waals surface area (Å²) in [7, 11) is 0. The van der Waals surface area contributed by atoms with Crippen LogP contribution in [0.3, 0.4) is 0 Å². The number of anilines is 1. The SMILES string of the molecule is CC1CCC(CN(Cc2ccc(N)cc2)C2CC2)O1. The van der Waals surface area contributed by atoms with Gasteiger partial charge in [-0.05, 0) is 50.3 Å². The van der Waals surface area contributed by atoms with E-state index in [1.165, 1.54) is 31.2 Å². The fourth-order valence-electron chi connectivity index (χ4n) is 2.92. The Balaban J connectivity index is 1.59. The zero-order chi connectivity index (χ0) is 13.2. The van der Waals surface area contributed by atoms with Gasteiger partial charge in [-0.15, -0.1) is 0 Å². The zero-order valence-electron chi connectivity index (χ0n) is 11.7. The molecule has 2 unspecified atom stereocenters. The summed E-state index contributed by atoms with van der Waals surface area (Å²) in [6, 6.07) is 9.05. The second kappa shape index (κ2) is 5.51. The van der Waals surface area contributed by atoms with Crippen molar-refractivity contribution in [3.05, 3.63) is 29.8 Å². The van der Waals surface area contributed by atoms with Crippen molar-refractivity contribution in [2.24, 2.45) is 0 Å². The molecule has 2 fully saturated rings. The maximum absolute atomic E-state index is 5.96. The lowest BCUT2D eigenvalue weighted by Gasteiger charge is -2.25. The first-order valence-corrected chi connectivity index (χ1v) is 7.44. The van der Waals surface area contributed by atoms with E-state index in [9.17, 15) is 0 Å². The molecule has 0 aromatic heterocycles. The summed E-state index contributed by atoms with van der Waals surface area (Å²) in [6.07, 6.45) is 6.00. The number of nitrogens with zero attached hydrogens (tertiary/aromatic N) is 1. The Morgan fingerprint density at radius 1 is 1.16 bits per heavy atom. The maximum Gasteiger partial charge on any atom is 0.0706 e. The van der Waals surface area contributed by atoms with E-state index in [0.29, 0.717) is 12.2 Å². The van der Waals surface area contributed by atoms with Crippen molar-refractivity contribution in [1.29, 1.82) is 0 Å². The minimum Gasteiger partial charge on any atom is -0.399 e. The van der Waals surface area contributed by atoms with E-state index in [0.717, 1.165) is 24.8 Å². The molecule has 104 valence electrons. The number of nitrogens with two attached hydrogens (primary N) is 1. The molecule has 1 saturated carbocycles. The summed E-state index contributed by atoms with van der Waals surface area (Å²) in [5, 5.41) is 0. The fourth-order valence-corrected chi connectivity index (χ4v) is 2.92. The number of rotatable bonds is 5. The molecule has 1 heterocycles. The number of nitrogen functional groups attached to an aromatic ring is 1. The molecule has 1 aromatic rings. The van der Waals surface area contributed by atoms with E-state index in [1.54, 1.807) is 0 Å². The predicted molar refractivity (Wildman–Crippen MR) is 77.9 cm³/mol. The van der Waals surface area contributed by atoms with Crippen molar-refractivity contribution < 1.29 is 4.74 Å². The van der Waals surface area contributed by atoms with Crippen LogP contribution in [0.1, 0.15) is 38.2 Å². The molecule has 1 saturated heterocycles. The average Bonchev–Trinajstić information content (AvgIpc) is 3.16. The van der Waals surface area contributed by atoms with Crippen LogP contribution in [-0.4, -0.2) is 29.7 Å². The molecule has 19 heavy (non-hydrogen) atoms. The van der Waals surface area contributed by atoms with Crippen LogP contribution >= 0.6 is 0 Å². The van der Waals surface area contributed by atoms with Gasteiger partial charge < -0.3 is 10.5 Å². The first-order chi connectivity index (χ1) is 9.20. The standard InChI is InChI=1S/C16H24N2O/c1-12-2-9-16(19-12)11-18(15-7-8-15)10-13-3-5-14(17)6-4-13/h3-6,12,15-16H,2,7-11,17H2,1H3. The molecule has 1 aliphatic carbocycles. The van der Waals surface area contributed by atoms with E-state index in [1.807, 2.05) is 12.1 Å². The van der Waals surface area contributed by atoms with Crippen molar-refractivity contribution in [3.8, 4) is 0 Å². The molecular weight excluding hydrogens is 236 g/mol. The fraction of sp³-hybridized carbons (Fsp3) is 0.625. The predicted octanol–water partition coefficient (Wildman–Crippen LogP) is 2.80. The highest BCUT2D eigenvalue weighted by atomic mass is 16.5. The van der Waals surface area contributed by atoms with E-state index < -0.39 is 0 Å². The molecule has 1 aromatic carbocycles. The average molecular weight is 260 g/mol. The van der Waals surface area contributed by atoms with Crippen LogP contribution in [0.15, 0.2) is 24.3 Å². The van der Waals surface area contributed by atoms with Gasteiger partial charge in [0, 0.05) is 24.8 Å². The number of ether oxygens (including phenoxy) is 1. The van der Waals surface area contributed by atoms with E-state index in [2.05, 4.69) is 24.0 Å². The molecule has 2 N–H and O–H groups in total. The van der Waals surface area contributed by atoms with Crippen LogP contribution in [0.5, 0.6) is 0 Å². The molecule has 1 aliphatic heterocycles. The highest BCUT2D eigenvalue weighted by Gasteiger charge is 2.32. The Morgan fingerprint density at radius 2 is 1.89 bits per heavy atom. The van der Waals surface area contributed by atoms with Crippen molar-refractivity contribution >= 4 is 5.69 Å². The smallest absolute Gasteiger partial charge is 0.0706 e. The Labute approximate surface area is 115 Å². The molecule has 0 bridgehead atoms. The highest BCUT2D eigenvalue weighted by Crippen LogP contribution is 2.30. The topological polar surface area (TPSA) is 38.5 Å². The van der Waals surface area contributed by atoms with Crippen LogP contribution in [-0.2, 0) is 11.3 Å². The second-order valence-corrected chi connectivity index (χ2v) is 6.05. The molecule has 2 aliphatic rings. The number of hydrogen-bond donors (Lipinski definition) is 1. The van der Waals surface area contributed by atoms with Crippen LogP contribution in [0.2, 0.25) is 0 Å².